The van der Waals surface area contributed by atoms with Gasteiger partial charge in [0.15, 0.2) is 0 Å². The Morgan fingerprint density at radius 2 is 2.13 bits per heavy atom. The highest BCUT2D eigenvalue weighted by Gasteiger charge is 2.09. The molecule has 0 fully saturated rings. The van der Waals surface area contributed by atoms with Crippen LogP contribution >= 0.6 is 0 Å². The number of para-hydroxylation sites is 1. The fourth-order valence-electron chi connectivity index (χ4n) is 1.83. The van der Waals surface area contributed by atoms with E-state index in [0.29, 0.717) is 6.04 Å². The Bertz CT molecular complexity index is 459. The van der Waals surface area contributed by atoms with E-state index in [0.717, 1.165) is 6.42 Å². The molecular weight excluding hydrogens is 186 g/mol. The lowest BCUT2D eigenvalue weighted by atomic mass is 10.1. The SMILES string of the molecule is CNC(C)Cc1nn(C)c2ccccc12. The van der Waals surface area contributed by atoms with Crippen LogP contribution in [0.4, 0.5) is 0 Å². The molecule has 1 atom stereocenters. The molecule has 1 aromatic carbocycles. The number of nitrogens with zero attached hydrogens (tertiary/aromatic N) is 2. The molecule has 0 aliphatic rings. The quantitative estimate of drug-likeness (QED) is 0.823. The van der Waals surface area contributed by atoms with E-state index in [9.17, 15) is 0 Å². The molecule has 2 aromatic rings. The van der Waals surface area contributed by atoms with Gasteiger partial charge in [-0.2, -0.15) is 5.10 Å². The van der Waals surface area contributed by atoms with Crippen molar-refractivity contribution in [1.29, 1.82) is 0 Å². The first-order valence-electron chi connectivity index (χ1n) is 5.30. The van der Waals surface area contributed by atoms with E-state index in [-0.39, 0.29) is 0 Å². The number of nitrogens with one attached hydrogen (secondary N) is 1. The topological polar surface area (TPSA) is 29.9 Å². The molecule has 0 aliphatic carbocycles. The Hall–Kier alpha value is -1.35. The Labute approximate surface area is 90.1 Å². The molecule has 0 saturated carbocycles. The number of aromatic nitrogens is 2. The highest BCUT2D eigenvalue weighted by molar-refractivity contribution is 5.81. The molecule has 1 unspecified atom stereocenters. The van der Waals surface area contributed by atoms with Crippen molar-refractivity contribution in [3.05, 3.63) is 30.0 Å². The first kappa shape index (κ1) is 10.2. The van der Waals surface area contributed by atoms with Gasteiger partial charge in [0.1, 0.15) is 0 Å². The molecule has 1 aromatic heterocycles. The summed E-state index contributed by atoms with van der Waals surface area (Å²) in [6.45, 7) is 2.17. The number of aryl methyl sites for hydroxylation is 1. The second-order valence-corrected chi connectivity index (χ2v) is 3.98. The summed E-state index contributed by atoms with van der Waals surface area (Å²) in [4.78, 5) is 0. The molecule has 1 N–H and O–H groups in total. The zero-order valence-electron chi connectivity index (χ0n) is 9.49. The minimum Gasteiger partial charge on any atom is -0.317 e. The van der Waals surface area contributed by atoms with Crippen molar-refractivity contribution in [2.24, 2.45) is 7.05 Å². The molecule has 0 saturated heterocycles. The lowest BCUT2D eigenvalue weighted by Gasteiger charge is -2.07. The Kier molecular flexibility index (Phi) is 2.73. The van der Waals surface area contributed by atoms with Crippen LogP contribution in [-0.4, -0.2) is 22.9 Å². The molecule has 80 valence electrons. The standard InChI is InChI=1S/C12H17N3/c1-9(13-2)8-11-10-6-4-5-7-12(10)15(3)14-11/h4-7,9,13H,8H2,1-3H3. The normalized spacial score (nSPS) is 13.3. The van der Waals surface area contributed by atoms with Gasteiger partial charge in [0.05, 0.1) is 11.2 Å². The van der Waals surface area contributed by atoms with E-state index in [1.807, 2.05) is 18.8 Å². The lowest BCUT2D eigenvalue weighted by Crippen LogP contribution is -2.23. The number of likely N-dealkylation sites (N-methyl/N-ethyl adjacent to an activating group) is 1. The maximum Gasteiger partial charge on any atom is 0.0718 e. The maximum absolute atomic E-state index is 4.55. The van der Waals surface area contributed by atoms with Gasteiger partial charge in [-0.3, -0.25) is 4.68 Å². The first-order valence-corrected chi connectivity index (χ1v) is 5.30. The number of benzene rings is 1. The van der Waals surface area contributed by atoms with Crippen LogP contribution in [0.15, 0.2) is 24.3 Å². The van der Waals surface area contributed by atoms with Crippen LogP contribution in [0.3, 0.4) is 0 Å². The zero-order valence-corrected chi connectivity index (χ0v) is 9.49. The molecule has 0 aliphatic heterocycles. The van der Waals surface area contributed by atoms with E-state index in [1.54, 1.807) is 0 Å². The molecule has 3 nitrogen and oxygen atoms in total. The van der Waals surface area contributed by atoms with E-state index in [2.05, 4.69) is 41.6 Å². The minimum absolute atomic E-state index is 0.461. The van der Waals surface area contributed by atoms with Gasteiger partial charge >= 0.3 is 0 Å². The van der Waals surface area contributed by atoms with E-state index < -0.39 is 0 Å². The van der Waals surface area contributed by atoms with Crippen LogP contribution in [0.2, 0.25) is 0 Å². The fraction of sp³-hybridized carbons (Fsp3) is 0.417. The van der Waals surface area contributed by atoms with Gasteiger partial charge in [-0.05, 0) is 20.0 Å². The van der Waals surface area contributed by atoms with Crippen LogP contribution in [0, 0.1) is 0 Å². The van der Waals surface area contributed by atoms with Crippen molar-refractivity contribution in [3.63, 3.8) is 0 Å². The molecule has 1 heterocycles. The van der Waals surface area contributed by atoms with E-state index >= 15 is 0 Å². The summed E-state index contributed by atoms with van der Waals surface area (Å²) >= 11 is 0. The predicted octanol–water partition coefficient (Wildman–Crippen LogP) is 1.72. The van der Waals surface area contributed by atoms with E-state index in [1.165, 1.54) is 16.6 Å². The highest BCUT2D eigenvalue weighted by Crippen LogP contribution is 2.18. The maximum atomic E-state index is 4.55. The lowest BCUT2D eigenvalue weighted by molar-refractivity contribution is 0.595. The smallest absolute Gasteiger partial charge is 0.0718 e. The monoisotopic (exact) mass is 203 g/mol. The Balaban J connectivity index is 2.43. The molecule has 3 heteroatoms. The summed E-state index contributed by atoms with van der Waals surface area (Å²) in [5.41, 5.74) is 2.38. The van der Waals surface area contributed by atoms with Crippen LogP contribution in [0.1, 0.15) is 12.6 Å². The molecule has 2 rings (SSSR count). The molecule has 0 bridgehead atoms. The number of fused-ring (bicyclic) bond motifs is 1. The third-order valence-electron chi connectivity index (χ3n) is 2.83. The average molecular weight is 203 g/mol. The van der Waals surface area contributed by atoms with Gasteiger partial charge in [-0.15, -0.1) is 0 Å². The predicted molar refractivity (Wildman–Crippen MR) is 62.9 cm³/mol. The first-order chi connectivity index (χ1) is 7.22. The molecular formula is C12H17N3. The van der Waals surface area contributed by atoms with Gasteiger partial charge in [-0.25, -0.2) is 0 Å². The number of rotatable bonds is 3. The highest BCUT2D eigenvalue weighted by atomic mass is 15.3. The molecule has 0 spiro atoms. The summed E-state index contributed by atoms with van der Waals surface area (Å²) in [6.07, 6.45) is 0.970. The van der Waals surface area contributed by atoms with Crippen molar-refractivity contribution in [2.45, 2.75) is 19.4 Å². The van der Waals surface area contributed by atoms with Crippen molar-refractivity contribution in [2.75, 3.05) is 7.05 Å². The Morgan fingerprint density at radius 1 is 1.40 bits per heavy atom. The van der Waals surface area contributed by atoms with Crippen molar-refractivity contribution < 1.29 is 0 Å². The second-order valence-electron chi connectivity index (χ2n) is 3.98. The van der Waals surface area contributed by atoms with E-state index in [4.69, 9.17) is 0 Å². The molecule has 15 heavy (non-hydrogen) atoms. The van der Waals surface area contributed by atoms with Gasteiger partial charge in [-0.1, -0.05) is 18.2 Å². The van der Waals surface area contributed by atoms with Gasteiger partial charge < -0.3 is 5.32 Å². The Morgan fingerprint density at radius 3 is 2.87 bits per heavy atom. The van der Waals surface area contributed by atoms with Gasteiger partial charge in [0, 0.05) is 24.9 Å². The van der Waals surface area contributed by atoms with Crippen molar-refractivity contribution in [3.8, 4) is 0 Å². The summed E-state index contributed by atoms with van der Waals surface area (Å²) in [5, 5.41) is 9.06. The fourth-order valence-corrected chi connectivity index (χ4v) is 1.83. The second kappa shape index (κ2) is 4.03. The zero-order chi connectivity index (χ0) is 10.8. The van der Waals surface area contributed by atoms with Gasteiger partial charge in [0.2, 0.25) is 0 Å². The van der Waals surface area contributed by atoms with Crippen LogP contribution in [0.5, 0.6) is 0 Å². The van der Waals surface area contributed by atoms with Crippen LogP contribution in [0.25, 0.3) is 10.9 Å². The molecule has 0 radical (unpaired) electrons. The van der Waals surface area contributed by atoms with Crippen molar-refractivity contribution in [1.82, 2.24) is 15.1 Å². The number of hydrogen-bond acceptors (Lipinski definition) is 2. The largest absolute Gasteiger partial charge is 0.317 e. The van der Waals surface area contributed by atoms with Crippen LogP contribution < -0.4 is 5.32 Å². The third kappa shape index (κ3) is 1.88. The summed E-state index contributed by atoms with van der Waals surface area (Å²) < 4.78 is 1.95. The minimum atomic E-state index is 0.461. The van der Waals surface area contributed by atoms with Crippen molar-refractivity contribution >= 4 is 10.9 Å². The third-order valence-corrected chi connectivity index (χ3v) is 2.83. The van der Waals surface area contributed by atoms with Crippen LogP contribution in [-0.2, 0) is 13.5 Å². The molecule has 0 amide bonds. The summed E-state index contributed by atoms with van der Waals surface area (Å²) in [6, 6.07) is 8.83. The van der Waals surface area contributed by atoms with Gasteiger partial charge in [0.25, 0.3) is 0 Å². The number of hydrogen-bond donors (Lipinski definition) is 1. The summed E-state index contributed by atoms with van der Waals surface area (Å²) in [7, 11) is 3.98. The average Bonchev–Trinajstić information content (AvgIpc) is 2.57. The summed E-state index contributed by atoms with van der Waals surface area (Å²) in [5.74, 6) is 0.